The number of rotatable bonds is 5. The average molecular weight is 249 g/mol. The molecule has 1 aromatic carbocycles. The summed E-state index contributed by atoms with van der Waals surface area (Å²) in [5.41, 5.74) is 6.29. The molecule has 1 aromatic heterocycles. The van der Waals surface area contributed by atoms with Gasteiger partial charge in [0.25, 0.3) is 5.89 Å². The van der Waals surface area contributed by atoms with Gasteiger partial charge in [-0.3, -0.25) is 0 Å². The molecule has 0 aliphatic rings. The highest BCUT2D eigenvalue weighted by Crippen LogP contribution is 2.17. The minimum Gasteiger partial charge on any atom is -0.484 e. The predicted octanol–water partition coefficient (Wildman–Crippen LogP) is 1.94. The van der Waals surface area contributed by atoms with E-state index < -0.39 is 0 Å². The molecule has 1 heterocycles. The molecular formula is C12H15N3O3. The van der Waals surface area contributed by atoms with E-state index in [9.17, 15) is 0 Å². The van der Waals surface area contributed by atoms with Crippen LogP contribution in [-0.2, 0) is 11.3 Å². The maximum Gasteiger partial charge on any atom is 0.264 e. The van der Waals surface area contributed by atoms with Crippen molar-refractivity contribution in [2.75, 3.05) is 12.8 Å². The predicted molar refractivity (Wildman–Crippen MR) is 64.9 cm³/mol. The Morgan fingerprint density at radius 3 is 3.00 bits per heavy atom. The Morgan fingerprint density at radius 2 is 2.28 bits per heavy atom. The first kappa shape index (κ1) is 12.4. The van der Waals surface area contributed by atoms with Crippen LogP contribution < -0.4 is 10.5 Å². The first-order valence-corrected chi connectivity index (χ1v) is 5.52. The third kappa shape index (κ3) is 2.98. The highest BCUT2D eigenvalue weighted by molar-refractivity contribution is 5.43. The van der Waals surface area contributed by atoms with Crippen molar-refractivity contribution in [3.05, 3.63) is 36.0 Å². The molecule has 2 aromatic rings. The molecule has 2 rings (SSSR count). The second-order valence-corrected chi connectivity index (χ2v) is 3.79. The number of aromatic nitrogens is 2. The zero-order valence-corrected chi connectivity index (χ0v) is 10.3. The van der Waals surface area contributed by atoms with Gasteiger partial charge in [-0.05, 0) is 19.1 Å². The third-order valence-corrected chi connectivity index (χ3v) is 2.42. The molecule has 0 radical (unpaired) electrons. The average Bonchev–Trinajstić information content (AvgIpc) is 2.84. The first-order chi connectivity index (χ1) is 8.69. The summed E-state index contributed by atoms with van der Waals surface area (Å²) in [4.78, 5) is 4.16. The summed E-state index contributed by atoms with van der Waals surface area (Å²) in [6, 6.07) is 7.15. The topological polar surface area (TPSA) is 83.4 Å². The third-order valence-electron chi connectivity index (χ3n) is 2.42. The van der Waals surface area contributed by atoms with E-state index in [0.29, 0.717) is 23.2 Å². The normalized spacial score (nSPS) is 12.3. The van der Waals surface area contributed by atoms with Gasteiger partial charge in [0.1, 0.15) is 11.9 Å². The molecule has 0 saturated carbocycles. The minimum atomic E-state index is -0.199. The number of ether oxygens (including phenoxy) is 2. The van der Waals surface area contributed by atoms with Crippen molar-refractivity contribution in [2.24, 2.45) is 0 Å². The molecule has 18 heavy (non-hydrogen) atoms. The second-order valence-electron chi connectivity index (χ2n) is 3.79. The number of nitrogens with two attached hydrogens (primary N) is 1. The van der Waals surface area contributed by atoms with Crippen molar-refractivity contribution in [2.45, 2.75) is 19.6 Å². The lowest BCUT2D eigenvalue weighted by molar-refractivity contribution is 0.109. The molecule has 1 unspecified atom stereocenters. The van der Waals surface area contributed by atoms with E-state index >= 15 is 0 Å². The van der Waals surface area contributed by atoms with Crippen LogP contribution in [0.15, 0.2) is 28.8 Å². The van der Waals surface area contributed by atoms with E-state index in [1.54, 1.807) is 19.2 Å². The molecular weight excluding hydrogens is 234 g/mol. The van der Waals surface area contributed by atoms with Crippen molar-refractivity contribution in [3.8, 4) is 5.75 Å². The molecule has 0 aliphatic heterocycles. The van der Waals surface area contributed by atoms with Crippen LogP contribution in [0.3, 0.4) is 0 Å². The van der Waals surface area contributed by atoms with Crippen LogP contribution in [0.1, 0.15) is 24.7 Å². The monoisotopic (exact) mass is 249 g/mol. The highest BCUT2D eigenvalue weighted by Gasteiger charge is 2.13. The molecule has 96 valence electrons. The molecule has 0 saturated heterocycles. The van der Waals surface area contributed by atoms with Crippen LogP contribution in [0, 0.1) is 0 Å². The standard InChI is InChI=1S/C12H15N3O3/c1-8(16-2)12-14-11(18-15-12)7-17-10-5-3-4-9(13)6-10/h3-6,8H,7,13H2,1-2H3. The number of hydrogen-bond donors (Lipinski definition) is 1. The Labute approximate surface area is 105 Å². The summed E-state index contributed by atoms with van der Waals surface area (Å²) in [7, 11) is 1.59. The number of nitrogens with zero attached hydrogens (tertiary/aromatic N) is 2. The fraction of sp³-hybridized carbons (Fsp3) is 0.333. The first-order valence-electron chi connectivity index (χ1n) is 5.52. The van der Waals surface area contributed by atoms with Crippen LogP contribution in [0.4, 0.5) is 5.69 Å². The summed E-state index contributed by atoms with van der Waals surface area (Å²) in [6.45, 7) is 2.04. The van der Waals surface area contributed by atoms with Crippen molar-refractivity contribution < 1.29 is 14.0 Å². The fourth-order valence-corrected chi connectivity index (χ4v) is 1.35. The number of nitrogen functional groups attached to an aromatic ring is 1. The van der Waals surface area contributed by atoms with Gasteiger partial charge in [0.2, 0.25) is 0 Å². The lowest BCUT2D eigenvalue weighted by Gasteiger charge is -2.03. The lowest BCUT2D eigenvalue weighted by Crippen LogP contribution is -2.00. The van der Waals surface area contributed by atoms with E-state index in [4.69, 9.17) is 19.7 Å². The Balaban J connectivity index is 1.96. The summed E-state index contributed by atoms with van der Waals surface area (Å²) < 4.78 is 15.6. The quantitative estimate of drug-likeness (QED) is 0.815. The van der Waals surface area contributed by atoms with Crippen LogP contribution in [0.2, 0.25) is 0 Å². The second kappa shape index (κ2) is 5.50. The van der Waals surface area contributed by atoms with Crippen molar-refractivity contribution in [1.29, 1.82) is 0 Å². The number of anilines is 1. The highest BCUT2D eigenvalue weighted by atomic mass is 16.5. The Bertz CT molecular complexity index is 513. The molecule has 1 atom stereocenters. The Kier molecular flexibility index (Phi) is 3.78. The Hall–Kier alpha value is -2.08. The summed E-state index contributed by atoms with van der Waals surface area (Å²) in [5.74, 6) is 1.56. The van der Waals surface area contributed by atoms with E-state index in [1.807, 2.05) is 19.1 Å². The van der Waals surface area contributed by atoms with Crippen LogP contribution >= 0.6 is 0 Å². The maximum absolute atomic E-state index is 5.64. The van der Waals surface area contributed by atoms with Crippen molar-refractivity contribution >= 4 is 5.69 Å². The van der Waals surface area contributed by atoms with E-state index in [1.165, 1.54) is 0 Å². The zero-order chi connectivity index (χ0) is 13.0. The summed E-state index contributed by atoms with van der Waals surface area (Å²) in [5, 5.41) is 3.80. The molecule has 0 spiro atoms. The maximum atomic E-state index is 5.64. The minimum absolute atomic E-state index is 0.199. The van der Waals surface area contributed by atoms with Crippen molar-refractivity contribution in [3.63, 3.8) is 0 Å². The van der Waals surface area contributed by atoms with Crippen LogP contribution in [0.25, 0.3) is 0 Å². The zero-order valence-electron chi connectivity index (χ0n) is 10.3. The van der Waals surface area contributed by atoms with Gasteiger partial charge in [-0.2, -0.15) is 4.98 Å². The largest absolute Gasteiger partial charge is 0.484 e. The molecule has 6 nitrogen and oxygen atoms in total. The van der Waals surface area contributed by atoms with Gasteiger partial charge >= 0.3 is 0 Å². The Morgan fingerprint density at radius 1 is 1.44 bits per heavy atom. The molecule has 0 bridgehead atoms. The van der Waals surface area contributed by atoms with Gasteiger partial charge in [-0.1, -0.05) is 11.2 Å². The molecule has 2 N–H and O–H groups in total. The molecule has 0 aliphatic carbocycles. The van der Waals surface area contributed by atoms with Gasteiger partial charge in [0.15, 0.2) is 12.4 Å². The van der Waals surface area contributed by atoms with Gasteiger partial charge < -0.3 is 19.7 Å². The number of methoxy groups -OCH3 is 1. The van der Waals surface area contributed by atoms with Crippen molar-refractivity contribution in [1.82, 2.24) is 10.1 Å². The van der Waals surface area contributed by atoms with Gasteiger partial charge in [0.05, 0.1) is 0 Å². The molecule has 6 heteroatoms. The van der Waals surface area contributed by atoms with E-state index in [-0.39, 0.29) is 12.7 Å². The SMILES string of the molecule is COC(C)c1noc(COc2cccc(N)c2)n1. The number of benzene rings is 1. The van der Waals surface area contributed by atoms with Gasteiger partial charge in [-0.15, -0.1) is 0 Å². The lowest BCUT2D eigenvalue weighted by atomic mass is 10.3. The van der Waals surface area contributed by atoms with Gasteiger partial charge in [-0.25, -0.2) is 0 Å². The van der Waals surface area contributed by atoms with Crippen LogP contribution in [-0.4, -0.2) is 17.3 Å². The van der Waals surface area contributed by atoms with Gasteiger partial charge in [0, 0.05) is 18.9 Å². The van der Waals surface area contributed by atoms with E-state index in [2.05, 4.69) is 10.1 Å². The van der Waals surface area contributed by atoms with Crippen LogP contribution in [0.5, 0.6) is 5.75 Å². The smallest absolute Gasteiger partial charge is 0.264 e. The molecule has 0 fully saturated rings. The summed E-state index contributed by atoms with van der Waals surface area (Å²) >= 11 is 0. The summed E-state index contributed by atoms with van der Waals surface area (Å²) in [6.07, 6.45) is -0.199. The fourth-order valence-electron chi connectivity index (χ4n) is 1.35. The number of hydrogen-bond acceptors (Lipinski definition) is 6. The molecule has 0 amide bonds. The van der Waals surface area contributed by atoms with E-state index in [0.717, 1.165) is 0 Å².